The van der Waals surface area contributed by atoms with Crippen molar-refractivity contribution < 1.29 is 9.84 Å². The van der Waals surface area contributed by atoms with Crippen molar-refractivity contribution in [2.45, 2.75) is 84.5 Å². The summed E-state index contributed by atoms with van der Waals surface area (Å²) in [6, 6.07) is 4.02. The van der Waals surface area contributed by atoms with Crippen molar-refractivity contribution in [3.8, 4) is 11.5 Å². The third-order valence-electron chi connectivity index (χ3n) is 4.25. The molecule has 0 heterocycles. The lowest BCUT2D eigenvalue weighted by atomic mass is 9.79. The van der Waals surface area contributed by atoms with E-state index in [1.807, 2.05) is 12.1 Å². The summed E-state index contributed by atoms with van der Waals surface area (Å²) in [5.41, 5.74) is 1.70. The van der Waals surface area contributed by atoms with E-state index in [9.17, 15) is 5.11 Å². The SMILES string of the molecule is CC(C)(C)c1cc(OCCCCCCCBr)cc(C(C)(C)C)c1O. The number of phenolic OH excluding ortho intramolecular Hbond substituents is 1. The van der Waals surface area contributed by atoms with Gasteiger partial charge in [-0.2, -0.15) is 0 Å². The number of rotatable bonds is 8. The van der Waals surface area contributed by atoms with Crippen LogP contribution in [0.25, 0.3) is 0 Å². The molecule has 0 atom stereocenters. The van der Waals surface area contributed by atoms with Crippen molar-refractivity contribution >= 4 is 15.9 Å². The number of ether oxygens (including phenoxy) is 1. The predicted octanol–water partition coefficient (Wildman–Crippen LogP) is 6.71. The number of benzene rings is 1. The molecule has 0 aliphatic heterocycles. The molecule has 0 saturated heterocycles. The fourth-order valence-electron chi connectivity index (χ4n) is 2.75. The minimum Gasteiger partial charge on any atom is -0.507 e. The molecule has 24 heavy (non-hydrogen) atoms. The Hall–Kier alpha value is -0.700. The van der Waals surface area contributed by atoms with Gasteiger partial charge < -0.3 is 9.84 Å². The van der Waals surface area contributed by atoms with Crippen molar-refractivity contribution in [1.29, 1.82) is 0 Å². The molecular formula is C21H35BrO2. The number of unbranched alkanes of at least 4 members (excludes halogenated alkanes) is 4. The Labute approximate surface area is 157 Å². The van der Waals surface area contributed by atoms with Crippen molar-refractivity contribution in [3.05, 3.63) is 23.3 Å². The van der Waals surface area contributed by atoms with Gasteiger partial charge in [-0.25, -0.2) is 0 Å². The van der Waals surface area contributed by atoms with Crippen LogP contribution in [-0.2, 0) is 10.8 Å². The molecule has 1 rings (SSSR count). The topological polar surface area (TPSA) is 29.5 Å². The fourth-order valence-corrected chi connectivity index (χ4v) is 3.15. The summed E-state index contributed by atoms with van der Waals surface area (Å²) >= 11 is 3.47. The molecule has 3 heteroatoms. The van der Waals surface area contributed by atoms with E-state index in [2.05, 4.69) is 57.5 Å². The van der Waals surface area contributed by atoms with E-state index in [0.717, 1.165) is 35.2 Å². The van der Waals surface area contributed by atoms with Gasteiger partial charge in [0, 0.05) is 16.5 Å². The van der Waals surface area contributed by atoms with E-state index in [0.29, 0.717) is 5.75 Å². The van der Waals surface area contributed by atoms with Gasteiger partial charge in [0.2, 0.25) is 0 Å². The van der Waals surface area contributed by atoms with Crippen molar-refractivity contribution in [2.75, 3.05) is 11.9 Å². The van der Waals surface area contributed by atoms with Gasteiger partial charge in [0.1, 0.15) is 11.5 Å². The molecule has 1 N–H and O–H groups in total. The molecule has 1 aromatic carbocycles. The monoisotopic (exact) mass is 398 g/mol. The van der Waals surface area contributed by atoms with Crippen molar-refractivity contribution in [3.63, 3.8) is 0 Å². The maximum Gasteiger partial charge on any atom is 0.123 e. The van der Waals surface area contributed by atoms with Gasteiger partial charge in [-0.15, -0.1) is 0 Å². The van der Waals surface area contributed by atoms with Gasteiger partial charge in [-0.1, -0.05) is 76.7 Å². The molecule has 0 aliphatic rings. The summed E-state index contributed by atoms with van der Waals surface area (Å²) in [5, 5.41) is 11.8. The van der Waals surface area contributed by atoms with Crippen molar-refractivity contribution in [1.82, 2.24) is 0 Å². The molecule has 0 spiro atoms. The van der Waals surface area contributed by atoms with Gasteiger partial charge in [0.25, 0.3) is 0 Å². The van der Waals surface area contributed by atoms with Crippen LogP contribution in [-0.4, -0.2) is 17.0 Å². The maximum absolute atomic E-state index is 10.7. The van der Waals surface area contributed by atoms with Gasteiger partial charge in [0.15, 0.2) is 0 Å². The second kappa shape index (κ2) is 9.12. The Bertz CT molecular complexity index is 475. The van der Waals surface area contributed by atoms with E-state index < -0.39 is 0 Å². The minimum atomic E-state index is -0.112. The third kappa shape index (κ3) is 6.66. The number of hydrogen-bond donors (Lipinski definition) is 1. The van der Waals surface area contributed by atoms with Gasteiger partial charge in [-0.05, 0) is 35.8 Å². The molecule has 0 amide bonds. The van der Waals surface area contributed by atoms with Crippen molar-refractivity contribution in [2.24, 2.45) is 0 Å². The highest BCUT2D eigenvalue weighted by Crippen LogP contribution is 2.41. The van der Waals surface area contributed by atoms with E-state index in [1.165, 1.54) is 25.7 Å². The highest BCUT2D eigenvalue weighted by Gasteiger charge is 2.26. The first-order valence-corrected chi connectivity index (χ1v) is 10.3. The zero-order chi connectivity index (χ0) is 18.4. The van der Waals surface area contributed by atoms with Crippen LogP contribution in [0.4, 0.5) is 0 Å². The Morgan fingerprint density at radius 1 is 0.833 bits per heavy atom. The molecule has 2 nitrogen and oxygen atoms in total. The third-order valence-corrected chi connectivity index (χ3v) is 4.81. The Morgan fingerprint density at radius 3 is 1.75 bits per heavy atom. The van der Waals surface area contributed by atoms with Crippen LogP contribution in [0.15, 0.2) is 12.1 Å². The zero-order valence-electron chi connectivity index (χ0n) is 16.3. The average Bonchev–Trinajstić information content (AvgIpc) is 2.45. The summed E-state index contributed by atoms with van der Waals surface area (Å²) < 4.78 is 6.02. The van der Waals surface area contributed by atoms with E-state index in [1.54, 1.807) is 0 Å². The number of alkyl halides is 1. The molecule has 0 fully saturated rings. The van der Waals surface area contributed by atoms with Gasteiger partial charge in [-0.3, -0.25) is 0 Å². The highest BCUT2D eigenvalue weighted by atomic mass is 79.9. The minimum absolute atomic E-state index is 0.112. The van der Waals surface area contributed by atoms with Crippen LogP contribution in [0.3, 0.4) is 0 Å². The first kappa shape index (κ1) is 21.3. The highest BCUT2D eigenvalue weighted by molar-refractivity contribution is 9.09. The first-order valence-electron chi connectivity index (χ1n) is 9.14. The van der Waals surface area contributed by atoms with E-state index in [-0.39, 0.29) is 10.8 Å². The van der Waals surface area contributed by atoms with Crippen LogP contribution in [0.1, 0.15) is 84.8 Å². The second-order valence-electron chi connectivity index (χ2n) is 8.67. The van der Waals surface area contributed by atoms with Gasteiger partial charge in [0.05, 0.1) is 6.61 Å². The van der Waals surface area contributed by atoms with E-state index >= 15 is 0 Å². The largest absolute Gasteiger partial charge is 0.507 e. The van der Waals surface area contributed by atoms with Crippen LogP contribution in [0, 0.1) is 0 Å². The molecule has 0 bridgehead atoms. The first-order chi connectivity index (χ1) is 11.1. The predicted molar refractivity (Wildman–Crippen MR) is 108 cm³/mol. The Kier molecular flexibility index (Phi) is 8.11. The van der Waals surface area contributed by atoms with Crippen LogP contribution < -0.4 is 4.74 Å². The normalized spacial score (nSPS) is 12.5. The van der Waals surface area contributed by atoms with Gasteiger partial charge >= 0.3 is 0 Å². The fraction of sp³-hybridized carbons (Fsp3) is 0.714. The molecule has 138 valence electrons. The Balaban J connectivity index is 2.80. The molecule has 0 aromatic heterocycles. The summed E-state index contributed by atoms with van der Waals surface area (Å²) in [7, 11) is 0. The van der Waals surface area contributed by atoms with E-state index in [4.69, 9.17) is 4.74 Å². The van der Waals surface area contributed by atoms with Crippen LogP contribution >= 0.6 is 15.9 Å². The lowest BCUT2D eigenvalue weighted by molar-refractivity contribution is 0.301. The molecule has 0 radical (unpaired) electrons. The molecule has 0 aliphatic carbocycles. The lowest BCUT2D eigenvalue weighted by Gasteiger charge is -2.28. The summed E-state index contributed by atoms with van der Waals surface area (Å²) in [6.07, 6.45) is 6.10. The summed E-state index contributed by atoms with van der Waals surface area (Å²) in [6.45, 7) is 13.5. The number of aromatic hydroxyl groups is 1. The quantitative estimate of drug-likeness (QED) is 0.389. The molecule has 0 saturated carbocycles. The zero-order valence-corrected chi connectivity index (χ0v) is 17.9. The summed E-state index contributed by atoms with van der Waals surface area (Å²) in [4.78, 5) is 0. The Morgan fingerprint density at radius 2 is 1.29 bits per heavy atom. The smallest absolute Gasteiger partial charge is 0.123 e. The lowest BCUT2D eigenvalue weighted by Crippen LogP contribution is -2.17. The number of hydrogen-bond acceptors (Lipinski definition) is 2. The molecule has 1 aromatic rings. The number of phenols is 1. The standard InChI is InChI=1S/C21H35BrO2/c1-20(2,3)17-14-16(15-18(19(17)23)21(4,5)6)24-13-11-9-7-8-10-12-22/h14-15,23H,7-13H2,1-6H3. The van der Waals surface area contributed by atoms with Crippen LogP contribution in [0.5, 0.6) is 11.5 Å². The second-order valence-corrected chi connectivity index (χ2v) is 9.47. The van der Waals surface area contributed by atoms with Crippen LogP contribution in [0.2, 0.25) is 0 Å². The molecular weight excluding hydrogens is 364 g/mol. The summed E-state index contributed by atoms with van der Waals surface area (Å²) in [5.74, 6) is 1.29. The average molecular weight is 399 g/mol. The maximum atomic E-state index is 10.7. The molecule has 0 unspecified atom stereocenters. The number of halogens is 1.